The summed E-state index contributed by atoms with van der Waals surface area (Å²) >= 11 is 0. The van der Waals surface area contributed by atoms with E-state index < -0.39 is 6.10 Å². The summed E-state index contributed by atoms with van der Waals surface area (Å²) in [5.41, 5.74) is 0. The molecule has 0 unspecified atom stereocenters. The quantitative estimate of drug-likeness (QED) is 0.309. The van der Waals surface area contributed by atoms with Crippen molar-refractivity contribution in [3.05, 3.63) is 0 Å². The van der Waals surface area contributed by atoms with Gasteiger partial charge in [0.2, 0.25) is 0 Å². The standard InChI is InChI=1S/C18H36O4.CH4.2H2S/c1-3-4-5-6-7-8-11-16(2)12-9-10-13-18(21)22-15-17(20)14-19;;;/h16-17,19-20H,3-15H2,1-2H3;1H4;2*1H2/t16-,17-;;;/m0.../s1. The van der Waals surface area contributed by atoms with E-state index in [0.717, 1.165) is 18.8 Å². The molecule has 0 heterocycles. The molecule has 0 fully saturated rings. The second kappa shape index (κ2) is 24.1. The third-order valence-electron chi connectivity index (χ3n) is 4.03. The Hall–Kier alpha value is 0.0900. The van der Waals surface area contributed by atoms with Gasteiger partial charge in [0.05, 0.1) is 6.61 Å². The van der Waals surface area contributed by atoms with E-state index in [2.05, 4.69) is 13.8 Å². The molecular weight excluding hydrogens is 356 g/mol. The highest BCUT2D eigenvalue weighted by atomic mass is 32.1. The Kier molecular flexibility index (Phi) is 31.5. The molecule has 0 aliphatic carbocycles. The van der Waals surface area contributed by atoms with Crippen LogP contribution in [0.25, 0.3) is 0 Å². The topological polar surface area (TPSA) is 66.8 Å². The maximum Gasteiger partial charge on any atom is 0.305 e. The van der Waals surface area contributed by atoms with Gasteiger partial charge in [0.25, 0.3) is 0 Å². The lowest BCUT2D eigenvalue weighted by atomic mass is 9.96. The van der Waals surface area contributed by atoms with Crippen molar-refractivity contribution in [2.75, 3.05) is 13.2 Å². The monoisotopic (exact) mass is 400 g/mol. The van der Waals surface area contributed by atoms with Gasteiger partial charge in [-0.2, -0.15) is 27.0 Å². The van der Waals surface area contributed by atoms with E-state index in [9.17, 15) is 4.79 Å². The first kappa shape index (κ1) is 32.7. The van der Waals surface area contributed by atoms with Crippen LogP contribution in [0.5, 0.6) is 0 Å². The second-order valence-corrected chi connectivity index (χ2v) is 6.43. The number of ether oxygens (including phenoxy) is 1. The number of hydrogen-bond acceptors (Lipinski definition) is 4. The molecule has 0 aromatic rings. The highest BCUT2D eigenvalue weighted by Crippen LogP contribution is 2.17. The molecule has 0 saturated carbocycles. The van der Waals surface area contributed by atoms with Gasteiger partial charge in [0, 0.05) is 6.42 Å². The van der Waals surface area contributed by atoms with Gasteiger partial charge in [-0.3, -0.25) is 4.79 Å². The van der Waals surface area contributed by atoms with E-state index in [1.54, 1.807) is 0 Å². The lowest BCUT2D eigenvalue weighted by molar-refractivity contribution is -0.147. The number of unbranched alkanes of at least 4 members (excludes halogenated alkanes) is 6. The second-order valence-electron chi connectivity index (χ2n) is 6.43. The number of carbonyl (C=O) groups is 1. The van der Waals surface area contributed by atoms with Crippen LogP contribution in [0, 0.1) is 5.92 Å². The summed E-state index contributed by atoms with van der Waals surface area (Å²) < 4.78 is 4.86. The van der Waals surface area contributed by atoms with E-state index in [-0.39, 0.29) is 53.6 Å². The first-order chi connectivity index (χ1) is 10.6. The van der Waals surface area contributed by atoms with Gasteiger partial charge >= 0.3 is 5.97 Å². The summed E-state index contributed by atoms with van der Waals surface area (Å²) in [7, 11) is 0. The first-order valence-corrected chi connectivity index (χ1v) is 9.04. The average molecular weight is 401 g/mol. The number of esters is 1. The molecule has 25 heavy (non-hydrogen) atoms. The summed E-state index contributed by atoms with van der Waals surface area (Å²) in [6.07, 6.45) is 11.9. The van der Waals surface area contributed by atoms with Gasteiger partial charge in [-0.25, -0.2) is 0 Å². The van der Waals surface area contributed by atoms with Crippen LogP contribution in [0.4, 0.5) is 0 Å². The lowest BCUT2D eigenvalue weighted by Crippen LogP contribution is -2.21. The molecule has 0 aromatic heterocycles. The van der Waals surface area contributed by atoms with E-state index >= 15 is 0 Å². The van der Waals surface area contributed by atoms with Gasteiger partial charge in [-0.05, 0) is 12.3 Å². The van der Waals surface area contributed by atoms with Crippen molar-refractivity contribution in [1.29, 1.82) is 0 Å². The van der Waals surface area contributed by atoms with Crippen molar-refractivity contribution in [2.45, 2.75) is 98.0 Å². The van der Waals surface area contributed by atoms with Crippen molar-refractivity contribution in [1.82, 2.24) is 0 Å². The summed E-state index contributed by atoms with van der Waals surface area (Å²) in [6.45, 7) is 4.06. The minimum atomic E-state index is -0.957. The molecule has 2 N–H and O–H groups in total. The highest BCUT2D eigenvalue weighted by Gasteiger charge is 2.08. The minimum absolute atomic E-state index is 0. The molecule has 0 saturated heterocycles. The van der Waals surface area contributed by atoms with Gasteiger partial charge in [-0.1, -0.05) is 79.1 Å². The molecule has 0 rings (SSSR count). The van der Waals surface area contributed by atoms with E-state index in [0.29, 0.717) is 6.42 Å². The van der Waals surface area contributed by atoms with Gasteiger partial charge in [0.15, 0.2) is 0 Å². The van der Waals surface area contributed by atoms with Crippen LogP contribution in [0.2, 0.25) is 0 Å². The largest absolute Gasteiger partial charge is 0.463 e. The van der Waals surface area contributed by atoms with Crippen LogP contribution in [-0.4, -0.2) is 35.5 Å². The maximum atomic E-state index is 11.4. The maximum absolute atomic E-state index is 11.4. The Morgan fingerprint density at radius 3 is 2.04 bits per heavy atom. The molecule has 4 nitrogen and oxygen atoms in total. The molecule has 0 aliphatic heterocycles. The predicted octanol–water partition coefficient (Wildman–Crippen LogP) is 4.69. The number of carbonyl (C=O) groups excluding carboxylic acids is 1. The molecule has 0 radical (unpaired) electrons. The zero-order chi connectivity index (χ0) is 16.6. The Bertz CT molecular complexity index is 266. The Balaban J connectivity index is -0.000000735. The summed E-state index contributed by atoms with van der Waals surface area (Å²) in [5.74, 6) is 0.453. The molecule has 156 valence electrons. The van der Waals surface area contributed by atoms with E-state index in [1.807, 2.05) is 0 Å². The Morgan fingerprint density at radius 1 is 0.960 bits per heavy atom. The van der Waals surface area contributed by atoms with Crippen molar-refractivity contribution >= 4 is 33.0 Å². The van der Waals surface area contributed by atoms with Gasteiger partial charge < -0.3 is 14.9 Å². The fraction of sp³-hybridized carbons (Fsp3) is 0.947. The average Bonchev–Trinajstić information content (AvgIpc) is 2.52. The van der Waals surface area contributed by atoms with Crippen LogP contribution in [0.1, 0.15) is 91.9 Å². The van der Waals surface area contributed by atoms with Crippen LogP contribution in [-0.2, 0) is 9.53 Å². The van der Waals surface area contributed by atoms with Crippen molar-refractivity contribution < 1.29 is 19.7 Å². The normalized spacial score (nSPS) is 12.2. The van der Waals surface area contributed by atoms with Gasteiger partial charge in [0.1, 0.15) is 12.7 Å². The first-order valence-electron chi connectivity index (χ1n) is 9.04. The summed E-state index contributed by atoms with van der Waals surface area (Å²) in [5, 5.41) is 17.7. The molecule has 0 aliphatic rings. The van der Waals surface area contributed by atoms with Crippen molar-refractivity contribution in [3.8, 4) is 0 Å². The molecule has 0 aromatic carbocycles. The van der Waals surface area contributed by atoms with Gasteiger partial charge in [-0.15, -0.1) is 0 Å². The fourth-order valence-electron chi connectivity index (χ4n) is 2.49. The molecule has 0 amide bonds. The SMILES string of the molecule is C.CCCCCCCC[C@H](C)CCCCC(=O)OC[C@@H](O)CO.S.S. The van der Waals surface area contributed by atoms with E-state index in [1.165, 1.54) is 51.4 Å². The molecule has 0 spiro atoms. The van der Waals surface area contributed by atoms with Crippen molar-refractivity contribution in [2.24, 2.45) is 5.92 Å². The Morgan fingerprint density at radius 2 is 1.48 bits per heavy atom. The third-order valence-corrected chi connectivity index (χ3v) is 4.03. The highest BCUT2D eigenvalue weighted by molar-refractivity contribution is 7.59. The number of rotatable bonds is 15. The predicted molar refractivity (Wildman–Crippen MR) is 117 cm³/mol. The minimum Gasteiger partial charge on any atom is -0.463 e. The number of hydrogen-bond donors (Lipinski definition) is 2. The Labute approximate surface area is 170 Å². The fourth-order valence-corrected chi connectivity index (χ4v) is 2.49. The van der Waals surface area contributed by atoms with Crippen LogP contribution >= 0.6 is 27.0 Å². The van der Waals surface area contributed by atoms with Crippen LogP contribution in [0.15, 0.2) is 0 Å². The lowest BCUT2D eigenvalue weighted by Gasteiger charge is -2.11. The van der Waals surface area contributed by atoms with Crippen molar-refractivity contribution in [3.63, 3.8) is 0 Å². The summed E-state index contributed by atoms with van der Waals surface area (Å²) in [4.78, 5) is 11.4. The van der Waals surface area contributed by atoms with E-state index in [4.69, 9.17) is 14.9 Å². The zero-order valence-electron chi connectivity index (χ0n) is 15.6. The van der Waals surface area contributed by atoms with Crippen LogP contribution in [0.3, 0.4) is 0 Å². The number of aliphatic hydroxyl groups is 2. The molecular formula is C19H44O4S2. The molecule has 0 bridgehead atoms. The van der Waals surface area contributed by atoms with Crippen LogP contribution < -0.4 is 0 Å². The third kappa shape index (κ3) is 24.1. The smallest absolute Gasteiger partial charge is 0.305 e. The molecule has 6 heteroatoms. The summed E-state index contributed by atoms with van der Waals surface area (Å²) in [6, 6.07) is 0. The zero-order valence-corrected chi connectivity index (χ0v) is 17.6. The molecule has 2 atom stereocenters. The number of aliphatic hydroxyl groups excluding tert-OH is 2.